The molecule has 0 fully saturated rings. The Morgan fingerprint density at radius 2 is 0.871 bits per heavy atom. The van der Waals surface area contributed by atoms with Crippen LogP contribution >= 0.6 is 0 Å². The second kappa shape index (κ2) is 14.8. The molecule has 1 heterocycles. The molecule has 11 aromatic carbocycles. The van der Waals surface area contributed by atoms with E-state index in [0.29, 0.717) is 16.9 Å². The normalized spacial score (nSPS) is 12.5. The topological polar surface area (TPSA) is 16.4 Å². The van der Waals surface area contributed by atoms with E-state index in [1.807, 2.05) is 102 Å². The number of rotatable bonds is 7. The maximum atomic E-state index is 9.82. The lowest BCUT2D eigenvalue weighted by Gasteiger charge is -2.28. The Kier molecular flexibility index (Phi) is 7.57. The smallest absolute Gasteiger partial charge is 0.143 e. The number of benzene rings is 11. The highest BCUT2D eigenvalue weighted by Crippen LogP contribution is 2.44. The van der Waals surface area contributed by atoms with Crippen LogP contribution in [0.4, 0.5) is 17.1 Å². The summed E-state index contributed by atoms with van der Waals surface area (Å²) in [6.45, 7) is 0. The Bertz CT molecular complexity index is 3850. The zero-order valence-electron chi connectivity index (χ0n) is 37.6. The van der Waals surface area contributed by atoms with Gasteiger partial charge >= 0.3 is 0 Å². The summed E-state index contributed by atoms with van der Waals surface area (Å²) in [5.41, 5.74) is 9.91. The fourth-order valence-electron chi connectivity index (χ4n) is 9.12. The monoisotopic (exact) mass is 793 g/mol. The summed E-state index contributed by atoms with van der Waals surface area (Å²) in [5, 5.41) is 8.67. The number of nitrogens with zero attached hydrogens (tertiary/aromatic N) is 1. The molecule has 12 aromatic rings. The zero-order valence-corrected chi connectivity index (χ0v) is 33.6. The van der Waals surface area contributed by atoms with E-state index in [0.717, 1.165) is 87.6 Å². The molecule has 0 saturated heterocycles. The van der Waals surface area contributed by atoms with Crippen LogP contribution in [0, 0.1) is 0 Å². The molecule has 2 nitrogen and oxygen atoms in total. The van der Waals surface area contributed by atoms with Crippen molar-refractivity contribution in [3.8, 4) is 44.5 Å². The molecule has 0 aliphatic rings. The van der Waals surface area contributed by atoms with Crippen LogP contribution in [0.3, 0.4) is 0 Å². The van der Waals surface area contributed by atoms with E-state index >= 15 is 0 Å². The molecule has 12 rings (SSSR count). The number of para-hydroxylation sites is 1. The van der Waals surface area contributed by atoms with E-state index in [1.165, 1.54) is 0 Å². The lowest BCUT2D eigenvalue weighted by molar-refractivity contribution is 0.672. The predicted molar refractivity (Wildman–Crippen MR) is 263 cm³/mol. The van der Waals surface area contributed by atoms with Crippen molar-refractivity contribution in [3.05, 3.63) is 236 Å². The van der Waals surface area contributed by atoms with Crippen molar-refractivity contribution in [1.82, 2.24) is 0 Å². The number of fused-ring (bicyclic) bond motifs is 7. The van der Waals surface area contributed by atoms with E-state index in [9.17, 15) is 5.48 Å². The van der Waals surface area contributed by atoms with Crippen molar-refractivity contribution < 1.29 is 9.90 Å². The average Bonchev–Trinajstić information content (AvgIpc) is 3.76. The van der Waals surface area contributed by atoms with Crippen LogP contribution in [0.25, 0.3) is 98.8 Å². The molecule has 62 heavy (non-hydrogen) atoms. The van der Waals surface area contributed by atoms with Gasteiger partial charge in [0.25, 0.3) is 0 Å². The van der Waals surface area contributed by atoms with Crippen LogP contribution in [0.5, 0.6) is 0 Å². The third-order valence-electron chi connectivity index (χ3n) is 12.1. The molecule has 0 radical (unpaired) electrons. The SMILES string of the molecule is [2H]c1c([2H])c(N(c2ccc(-c3cccc4ccccc34)cc2)c2ccccc2-c2ccc3oc4c5ccccc5ccc4c3c2)c([2H])c([2H])c1-c1cccc(-c2cccc3ccccc23)c1. The van der Waals surface area contributed by atoms with Gasteiger partial charge in [0.05, 0.1) is 11.2 Å². The van der Waals surface area contributed by atoms with Crippen molar-refractivity contribution >= 4 is 71.3 Å². The second-order valence-corrected chi connectivity index (χ2v) is 15.7. The van der Waals surface area contributed by atoms with Crippen LogP contribution in [-0.4, -0.2) is 0 Å². The Labute approximate surface area is 365 Å². The van der Waals surface area contributed by atoms with E-state index < -0.39 is 0 Å². The summed E-state index contributed by atoms with van der Waals surface area (Å²) in [6, 6.07) is 71.2. The second-order valence-electron chi connectivity index (χ2n) is 15.7. The van der Waals surface area contributed by atoms with Crippen LogP contribution in [0.2, 0.25) is 0 Å². The Balaban J connectivity index is 1.04. The Morgan fingerprint density at radius 1 is 0.323 bits per heavy atom. The lowest BCUT2D eigenvalue weighted by atomic mass is 9.95. The average molecular weight is 794 g/mol. The van der Waals surface area contributed by atoms with Gasteiger partial charge in [0.1, 0.15) is 11.2 Å². The van der Waals surface area contributed by atoms with Gasteiger partial charge in [-0.2, -0.15) is 0 Å². The fourth-order valence-corrected chi connectivity index (χ4v) is 9.12. The van der Waals surface area contributed by atoms with Gasteiger partial charge in [-0.15, -0.1) is 0 Å². The van der Waals surface area contributed by atoms with Gasteiger partial charge in [-0.05, 0) is 120 Å². The summed E-state index contributed by atoms with van der Waals surface area (Å²) in [7, 11) is 0. The first kappa shape index (κ1) is 31.7. The van der Waals surface area contributed by atoms with Gasteiger partial charge in [0.15, 0.2) is 0 Å². The molecule has 0 aliphatic carbocycles. The van der Waals surface area contributed by atoms with Crippen LogP contribution in [-0.2, 0) is 0 Å². The molecule has 290 valence electrons. The molecule has 1 aromatic heterocycles. The molecular formula is C60H39NO. The first-order chi connectivity index (χ1) is 32.4. The van der Waals surface area contributed by atoms with Crippen molar-refractivity contribution in [3.63, 3.8) is 0 Å². The zero-order chi connectivity index (χ0) is 44.5. The largest absolute Gasteiger partial charge is 0.455 e. The summed E-state index contributed by atoms with van der Waals surface area (Å²) < 4.78 is 45.4. The molecule has 0 N–H and O–H groups in total. The van der Waals surface area contributed by atoms with Crippen LogP contribution < -0.4 is 4.90 Å². The number of anilines is 3. The minimum atomic E-state index is -0.141. The van der Waals surface area contributed by atoms with E-state index in [2.05, 4.69) is 115 Å². The number of furan rings is 1. The quantitative estimate of drug-likeness (QED) is 0.160. The summed E-state index contributed by atoms with van der Waals surface area (Å²) in [4.78, 5) is 1.89. The standard InChI is InChI=1S/C60H39NO/c1-4-19-50-41(12-1)15-10-23-52(50)44-28-34-49(35-29-44)61(48-32-26-40(27-33-48)45-17-9-18-46(38-45)53-24-11-16-42-13-2-5-20-51(42)53)58-25-8-7-21-54(58)47-31-37-59-57(39-47)56-36-30-43-14-3-6-22-55(43)60(56)62-59/h1-39H/i26D,27D,32D,33D. The van der Waals surface area contributed by atoms with Gasteiger partial charge < -0.3 is 9.32 Å². The van der Waals surface area contributed by atoms with Gasteiger partial charge in [0.2, 0.25) is 0 Å². The molecule has 0 spiro atoms. The molecule has 0 amide bonds. The van der Waals surface area contributed by atoms with E-state index in [1.54, 1.807) is 0 Å². The summed E-state index contributed by atoms with van der Waals surface area (Å²) in [6.07, 6.45) is 0. The molecule has 0 saturated carbocycles. The molecule has 0 bridgehead atoms. The lowest BCUT2D eigenvalue weighted by Crippen LogP contribution is -2.11. The first-order valence-electron chi connectivity index (χ1n) is 22.9. The highest BCUT2D eigenvalue weighted by atomic mass is 16.3. The minimum absolute atomic E-state index is 0.116. The number of hydrogen-bond donors (Lipinski definition) is 0. The molecule has 0 atom stereocenters. The molecular weight excluding hydrogens is 751 g/mol. The van der Waals surface area contributed by atoms with Crippen LogP contribution in [0.1, 0.15) is 5.48 Å². The van der Waals surface area contributed by atoms with Gasteiger partial charge in [0, 0.05) is 33.1 Å². The van der Waals surface area contributed by atoms with E-state index in [-0.39, 0.29) is 35.4 Å². The Morgan fingerprint density at radius 3 is 1.61 bits per heavy atom. The third-order valence-corrected chi connectivity index (χ3v) is 12.1. The highest BCUT2D eigenvalue weighted by molar-refractivity contribution is 6.15. The Hall–Kier alpha value is -8.20. The third kappa shape index (κ3) is 6.12. The van der Waals surface area contributed by atoms with Crippen molar-refractivity contribution in [2.75, 3.05) is 4.90 Å². The summed E-state index contributed by atoms with van der Waals surface area (Å²) in [5.74, 6) is 0. The van der Waals surface area contributed by atoms with Crippen LogP contribution in [0.15, 0.2) is 241 Å². The van der Waals surface area contributed by atoms with Crippen molar-refractivity contribution in [1.29, 1.82) is 0 Å². The minimum Gasteiger partial charge on any atom is -0.455 e. The van der Waals surface area contributed by atoms with Gasteiger partial charge in [-0.3, -0.25) is 0 Å². The van der Waals surface area contributed by atoms with Crippen molar-refractivity contribution in [2.45, 2.75) is 0 Å². The predicted octanol–water partition coefficient (Wildman–Crippen LogP) is 17.2. The summed E-state index contributed by atoms with van der Waals surface area (Å²) >= 11 is 0. The maximum absolute atomic E-state index is 9.82. The van der Waals surface area contributed by atoms with Crippen molar-refractivity contribution in [2.24, 2.45) is 0 Å². The molecule has 0 unspecified atom stereocenters. The van der Waals surface area contributed by atoms with Gasteiger partial charge in [-0.25, -0.2) is 0 Å². The van der Waals surface area contributed by atoms with E-state index in [4.69, 9.17) is 4.42 Å². The molecule has 2 heteroatoms. The number of hydrogen-bond acceptors (Lipinski definition) is 2. The highest BCUT2D eigenvalue weighted by Gasteiger charge is 2.19. The fraction of sp³-hybridized carbons (Fsp3) is 0. The maximum Gasteiger partial charge on any atom is 0.143 e. The van der Waals surface area contributed by atoms with Gasteiger partial charge in [-0.1, -0.05) is 182 Å². The first-order valence-corrected chi connectivity index (χ1v) is 20.9. The molecule has 0 aliphatic heterocycles.